The predicted octanol–water partition coefficient (Wildman–Crippen LogP) is 2.43. The molecule has 144 valence electrons. The van der Waals surface area contributed by atoms with Crippen molar-refractivity contribution in [2.45, 2.75) is 25.8 Å². The molecule has 7 nitrogen and oxygen atoms in total. The number of hydrogen-bond acceptors (Lipinski definition) is 5. The van der Waals surface area contributed by atoms with Gasteiger partial charge in [0.25, 0.3) is 5.91 Å². The van der Waals surface area contributed by atoms with E-state index in [4.69, 9.17) is 5.73 Å². The van der Waals surface area contributed by atoms with Gasteiger partial charge in [-0.3, -0.25) is 9.78 Å². The first-order chi connectivity index (χ1) is 12.2. The van der Waals surface area contributed by atoms with Crippen molar-refractivity contribution in [1.82, 2.24) is 25.3 Å². The Hall–Kier alpha value is -2.22. The zero-order valence-electron chi connectivity index (χ0n) is 14.8. The predicted molar refractivity (Wildman–Crippen MR) is 109 cm³/mol. The number of pyridine rings is 1. The Labute approximate surface area is 169 Å². The van der Waals surface area contributed by atoms with Gasteiger partial charge in [0, 0.05) is 24.2 Å². The fraction of sp³-hybridized carbons (Fsp3) is 0.333. The van der Waals surface area contributed by atoms with Crippen LogP contribution in [0.25, 0.3) is 16.6 Å². The Morgan fingerprint density at radius 1 is 1.33 bits per heavy atom. The molecule has 3 N–H and O–H groups in total. The number of carbonyl (C=O) groups excluding carboxylic acids is 1. The van der Waals surface area contributed by atoms with Gasteiger partial charge in [0.15, 0.2) is 5.69 Å². The fourth-order valence-corrected chi connectivity index (χ4v) is 3.08. The van der Waals surface area contributed by atoms with E-state index < -0.39 is 0 Å². The molecule has 2 aromatic heterocycles. The molecule has 3 aromatic rings. The average molecular weight is 409 g/mol. The summed E-state index contributed by atoms with van der Waals surface area (Å²) in [5, 5.41) is 12.2. The number of hydrogen-bond donors (Lipinski definition) is 2. The minimum absolute atomic E-state index is 0. The van der Waals surface area contributed by atoms with Crippen LogP contribution in [0.3, 0.4) is 0 Å². The molecule has 1 saturated carbocycles. The van der Waals surface area contributed by atoms with E-state index in [2.05, 4.69) is 20.6 Å². The van der Waals surface area contributed by atoms with E-state index in [1.807, 2.05) is 37.3 Å². The maximum Gasteiger partial charge on any atom is 0.274 e. The van der Waals surface area contributed by atoms with Crippen molar-refractivity contribution in [3.05, 3.63) is 47.9 Å². The lowest BCUT2D eigenvalue weighted by atomic mass is 10.1. The zero-order chi connectivity index (χ0) is 17.4. The quantitative estimate of drug-likeness (QED) is 0.675. The number of aromatic nitrogens is 4. The number of halogens is 2. The third-order valence-electron chi connectivity index (χ3n) is 4.70. The molecule has 4 rings (SSSR count). The molecule has 9 heteroatoms. The highest BCUT2D eigenvalue weighted by molar-refractivity contribution is 5.93. The Morgan fingerprint density at radius 2 is 2.11 bits per heavy atom. The van der Waals surface area contributed by atoms with Gasteiger partial charge in [-0.25, -0.2) is 4.68 Å². The number of nitrogens with two attached hydrogens (primary N) is 1. The van der Waals surface area contributed by atoms with Crippen LogP contribution >= 0.6 is 24.8 Å². The van der Waals surface area contributed by atoms with Gasteiger partial charge < -0.3 is 11.1 Å². The van der Waals surface area contributed by atoms with Crippen molar-refractivity contribution in [1.29, 1.82) is 0 Å². The lowest BCUT2D eigenvalue weighted by Crippen LogP contribution is -2.42. The molecule has 1 atom stereocenters. The molecule has 0 saturated heterocycles. The first-order valence-corrected chi connectivity index (χ1v) is 8.46. The number of carbonyl (C=O) groups is 1. The van der Waals surface area contributed by atoms with Gasteiger partial charge in [0.05, 0.1) is 16.9 Å². The van der Waals surface area contributed by atoms with Gasteiger partial charge in [0.1, 0.15) is 0 Å². The topological polar surface area (TPSA) is 98.7 Å². The highest BCUT2D eigenvalue weighted by Crippen LogP contribution is 2.32. The summed E-state index contributed by atoms with van der Waals surface area (Å²) in [5.74, 6) is 0.283. The van der Waals surface area contributed by atoms with Crippen molar-refractivity contribution in [2.75, 3.05) is 6.54 Å². The second kappa shape index (κ2) is 8.65. The van der Waals surface area contributed by atoms with Crippen LogP contribution in [-0.4, -0.2) is 38.5 Å². The number of nitrogens with zero attached hydrogens (tertiary/aromatic N) is 4. The molecule has 0 aliphatic heterocycles. The lowest BCUT2D eigenvalue weighted by molar-refractivity contribution is 0.0927. The molecular formula is C18H22Cl2N6O. The summed E-state index contributed by atoms with van der Waals surface area (Å²) in [6, 6.07) is 9.74. The second-order valence-electron chi connectivity index (χ2n) is 6.47. The molecule has 1 aromatic carbocycles. The van der Waals surface area contributed by atoms with Gasteiger partial charge in [0.2, 0.25) is 0 Å². The monoisotopic (exact) mass is 408 g/mol. The number of benzene rings is 1. The molecule has 1 aliphatic rings. The fourth-order valence-electron chi connectivity index (χ4n) is 3.08. The Kier molecular flexibility index (Phi) is 6.75. The van der Waals surface area contributed by atoms with Gasteiger partial charge in [-0.15, -0.1) is 29.9 Å². The van der Waals surface area contributed by atoms with Gasteiger partial charge in [-0.05, 0) is 49.9 Å². The number of fused-ring (bicyclic) bond motifs is 1. The molecule has 0 spiro atoms. The minimum atomic E-state index is -0.214. The van der Waals surface area contributed by atoms with E-state index in [1.165, 1.54) is 0 Å². The van der Waals surface area contributed by atoms with E-state index in [-0.39, 0.29) is 36.8 Å². The van der Waals surface area contributed by atoms with E-state index in [0.29, 0.717) is 23.9 Å². The summed E-state index contributed by atoms with van der Waals surface area (Å²) in [5.41, 5.74) is 8.57. The normalized spacial score (nSPS) is 14.1. The standard InChI is InChI=1S/C18H20N6O.2ClH/c1-11-17(18(25)21-16(10-19)12-4-5-12)22-23-24(11)14-6-7-15-13(9-14)3-2-8-20-15;;/h2-3,6-9,12,16H,4-5,10,19H2,1H3,(H,21,25);2*1H. The summed E-state index contributed by atoms with van der Waals surface area (Å²) in [7, 11) is 0. The molecular weight excluding hydrogens is 387 g/mol. The van der Waals surface area contributed by atoms with Gasteiger partial charge in [-0.2, -0.15) is 0 Å². The second-order valence-corrected chi connectivity index (χ2v) is 6.47. The molecule has 2 heterocycles. The molecule has 0 radical (unpaired) electrons. The first-order valence-electron chi connectivity index (χ1n) is 8.46. The van der Waals surface area contributed by atoms with E-state index in [1.54, 1.807) is 10.9 Å². The summed E-state index contributed by atoms with van der Waals surface area (Å²) in [6.45, 7) is 2.29. The van der Waals surface area contributed by atoms with Crippen LogP contribution < -0.4 is 11.1 Å². The van der Waals surface area contributed by atoms with E-state index in [9.17, 15) is 4.79 Å². The SMILES string of the molecule is Cc1c(C(=O)NC(CN)C2CC2)nnn1-c1ccc2ncccc2c1.Cl.Cl. The van der Waals surface area contributed by atoms with Crippen molar-refractivity contribution in [3.63, 3.8) is 0 Å². The third-order valence-corrected chi connectivity index (χ3v) is 4.70. The molecule has 1 unspecified atom stereocenters. The van der Waals surface area contributed by atoms with Crippen molar-refractivity contribution < 1.29 is 4.79 Å². The maximum atomic E-state index is 12.5. The highest BCUT2D eigenvalue weighted by atomic mass is 35.5. The summed E-state index contributed by atoms with van der Waals surface area (Å²) < 4.78 is 1.68. The first kappa shape index (κ1) is 21.1. The molecule has 0 bridgehead atoms. The molecule has 1 fully saturated rings. The largest absolute Gasteiger partial charge is 0.346 e. The maximum absolute atomic E-state index is 12.5. The van der Waals surface area contributed by atoms with Crippen LogP contribution in [0, 0.1) is 12.8 Å². The van der Waals surface area contributed by atoms with Gasteiger partial charge in [-0.1, -0.05) is 11.3 Å². The zero-order valence-corrected chi connectivity index (χ0v) is 16.5. The summed E-state index contributed by atoms with van der Waals surface area (Å²) in [6.07, 6.45) is 4.01. The van der Waals surface area contributed by atoms with E-state index >= 15 is 0 Å². The smallest absolute Gasteiger partial charge is 0.274 e. The van der Waals surface area contributed by atoms with Crippen LogP contribution in [0.4, 0.5) is 0 Å². The summed E-state index contributed by atoms with van der Waals surface area (Å²) >= 11 is 0. The van der Waals surface area contributed by atoms with Crippen molar-refractivity contribution in [2.24, 2.45) is 11.7 Å². The van der Waals surface area contributed by atoms with Crippen molar-refractivity contribution >= 4 is 41.6 Å². The Bertz CT molecular complexity index is 941. The molecule has 1 aliphatic carbocycles. The summed E-state index contributed by atoms with van der Waals surface area (Å²) in [4.78, 5) is 16.8. The number of amides is 1. The van der Waals surface area contributed by atoms with Crippen molar-refractivity contribution in [3.8, 4) is 5.69 Å². The van der Waals surface area contributed by atoms with Gasteiger partial charge >= 0.3 is 0 Å². The minimum Gasteiger partial charge on any atom is -0.346 e. The number of nitrogens with one attached hydrogen (secondary N) is 1. The number of rotatable bonds is 5. The lowest BCUT2D eigenvalue weighted by Gasteiger charge is -2.15. The average Bonchev–Trinajstić information content (AvgIpc) is 3.41. The van der Waals surface area contributed by atoms with Crippen LogP contribution in [0.2, 0.25) is 0 Å². The Balaban J connectivity index is 0.00000131. The molecule has 27 heavy (non-hydrogen) atoms. The third kappa shape index (κ3) is 4.21. The molecule has 1 amide bonds. The Morgan fingerprint density at radius 3 is 2.81 bits per heavy atom. The van der Waals surface area contributed by atoms with Crippen LogP contribution in [-0.2, 0) is 0 Å². The van der Waals surface area contributed by atoms with E-state index in [0.717, 1.165) is 29.4 Å². The highest BCUT2D eigenvalue weighted by Gasteiger charge is 2.32. The van der Waals surface area contributed by atoms with Crippen LogP contribution in [0.5, 0.6) is 0 Å². The van der Waals surface area contributed by atoms with Crippen LogP contribution in [0.15, 0.2) is 36.5 Å². The van der Waals surface area contributed by atoms with Crippen LogP contribution in [0.1, 0.15) is 29.0 Å².